The molecule has 0 N–H and O–H groups in total. The van der Waals surface area contributed by atoms with Crippen molar-refractivity contribution in [2.75, 3.05) is 0 Å². The van der Waals surface area contributed by atoms with Crippen molar-refractivity contribution in [2.24, 2.45) is 7.05 Å². The topological polar surface area (TPSA) is 46.5 Å². The van der Waals surface area contributed by atoms with Crippen molar-refractivity contribution in [3.63, 3.8) is 0 Å². The number of aryl methyl sites for hydroxylation is 1. The van der Waals surface area contributed by atoms with Crippen molar-refractivity contribution in [3.05, 3.63) is 54.0 Å². The van der Waals surface area contributed by atoms with Crippen LogP contribution in [0.1, 0.15) is 11.1 Å². The number of hydrogen-bond acceptors (Lipinski definition) is 2. The molecule has 1 aromatic carbocycles. The molecule has 3 aromatic rings. The monoisotopic (exact) mass is 236 g/mol. The number of fused-ring (bicyclic) bond motifs is 1. The van der Waals surface area contributed by atoms with Gasteiger partial charge < -0.3 is 4.57 Å². The van der Waals surface area contributed by atoms with Gasteiger partial charge in [0.25, 0.3) is 0 Å². The summed E-state index contributed by atoms with van der Waals surface area (Å²) >= 11 is 0. The van der Waals surface area contributed by atoms with E-state index in [-0.39, 0.29) is 0 Å². The summed E-state index contributed by atoms with van der Waals surface area (Å²) in [5.74, 6) is 0. The predicted molar refractivity (Wildman–Crippen MR) is 69.0 cm³/mol. The minimum Gasteiger partial charge on any atom is -0.343 e. The summed E-state index contributed by atoms with van der Waals surface area (Å²) in [7, 11) is 1.91. The second-order valence-electron chi connectivity index (χ2n) is 4.35. The minimum absolute atomic E-state index is 0.696. The van der Waals surface area contributed by atoms with Crippen molar-refractivity contribution in [1.29, 1.82) is 5.26 Å². The first kappa shape index (κ1) is 10.6. The van der Waals surface area contributed by atoms with Gasteiger partial charge in [-0.2, -0.15) is 10.4 Å². The van der Waals surface area contributed by atoms with Gasteiger partial charge in [-0.05, 0) is 24.3 Å². The van der Waals surface area contributed by atoms with E-state index in [0.29, 0.717) is 5.56 Å². The second-order valence-corrected chi connectivity index (χ2v) is 4.35. The molecule has 2 aromatic heterocycles. The van der Waals surface area contributed by atoms with Gasteiger partial charge in [-0.1, -0.05) is 0 Å². The molecule has 0 fully saturated rings. The first-order valence-electron chi connectivity index (χ1n) is 5.73. The minimum atomic E-state index is 0.696. The summed E-state index contributed by atoms with van der Waals surface area (Å²) < 4.78 is 3.96. The molecule has 0 saturated heterocycles. The fourth-order valence-corrected chi connectivity index (χ4v) is 2.16. The van der Waals surface area contributed by atoms with Crippen molar-refractivity contribution < 1.29 is 0 Å². The SMILES string of the molecule is Cn1cc(Cn2ccc3cc(C#N)ccc32)cn1. The van der Waals surface area contributed by atoms with Gasteiger partial charge in [0, 0.05) is 35.9 Å². The van der Waals surface area contributed by atoms with Crippen molar-refractivity contribution in [1.82, 2.24) is 14.3 Å². The van der Waals surface area contributed by atoms with Crippen molar-refractivity contribution in [3.8, 4) is 6.07 Å². The highest BCUT2D eigenvalue weighted by Crippen LogP contribution is 2.18. The average Bonchev–Trinajstić information content (AvgIpc) is 2.96. The Morgan fingerprint density at radius 1 is 1.33 bits per heavy atom. The normalized spacial score (nSPS) is 10.7. The van der Waals surface area contributed by atoms with E-state index >= 15 is 0 Å². The van der Waals surface area contributed by atoms with Gasteiger partial charge in [-0.25, -0.2) is 0 Å². The zero-order valence-electron chi connectivity index (χ0n) is 10.0. The highest BCUT2D eigenvalue weighted by molar-refractivity contribution is 5.81. The molecule has 0 radical (unpaired) electrons. The molecule has 0 amide bonds. The van der Waals surface area contributed by atoms with Crippen molar-refractivity contribution >= 4 is 10.9 Å². The van der Waals surface area contributed by atoms with E-state index in [0.717, 1.165) is 17.4 Å². The summed E-state index contributed by atoms with van der Waals surface area (Å²) in [5, 5.41) is 14.1. The molecule has 0 atom stereocenters. The van der Waals surface area contributed by atoms with Crippen LogP contribution < -0.4 is 0 Å². The Kier molecular flexibility index (Phi) is 2.38. The maximum atomic E-state index is 8.87. The number of aromatic nitrogens is 3. The predicted octanol–water partition coefficient (Wildman–Crippen LogP) is 2.29. The molecule has 4 nitrogen and oxygen atoms in total. The third-order valence-corrected chi connectivity index (χ3v) is 3.01. The fraction of sp³-hybridized carbons (Fsp3) is 0.143. The summed E-state index contributed by atoms with van der Waals surface area (Å²) in [6, 6.07) is 9.94. The van der Waals surface area contributed by atoms with Crippen LogP contribution in [0.25, 0.3) is 10.9 Å². The van der Waals surface area contributed by atoms with Gasteiger partial charge in [0.05, 0.1) is 24.4 Å². The summed E-state index contributed by atoms with van der Waals surface area (Å²) in [6.45, 7) is 0.795. The molecule has 88 valence electrons. The van der Waals surface area contributed by atoms with Crippen LogP contribution in [0.5, 0.6) is 0 Å². The van der Waals surface area contributed by atoms with Crippen LogP contribution >= 0.6 is 0 Å². The first-order chi connectivity index (χ1) is 8.76. The number of rotatable bonds is 2. The molecule has 18 heavy (non-hydrogen) atoms. The van der Waals surface area contributed by atoms with Gasteiger partial charge in [0.2, 0.25) is 0 Å². The van der Waals surface area contributed by atoms with Crippen molar-refractivity contribution in [2.45, 2.75) is 6.54 Å². The Balaban J connectivity index is 2.00. The summed E-state index contributed by atoms with van der Waals surface area (Å²) in [5.41, 5.74) is 3.00. The van der Waals surface area contributed by atoms with E-state index in [2.05, 4.69) is 15.7 Å². The number of nitrogens with zero attached hydrogens (tertiary/aromatic N) is 4. The van der Waals surface area contributed by atoms with E-state index < -0.39 is 0 Å². The van der Waals surface area contributed by atoms with E-state index in [1.165, 1.54) is 5.56 Å². The Morgan fingerprint density at radius 2 is 2.22 bits per heavy atom. The smallest absolute Gasteiger partial charge is 0.0991 e. The standard InChI is InChI=1S/C14H12N4/c1-17-9-12(8-16-17)10-18-5-4-13-6-11(7-15)2-3-14(13)18/h2-6,8-9H,10H2,1H3. The van der Waals surface area contributed by atoms with Gasteiger partial charge >= 0.3 is 0 Å². The lowest BCUT2D eigenvalue weighted by atomic mass is 10.2. The molecule has 0 aliphatic heterocycles. The van der Waals surface area contributed by atoms with Crippen LogP contribution in [0, 0.1) is 11.3 Å². The lowest BCUT2D eigenvalue weighted by Gasteiger charge is -2.03. The highest BCUT2D eigenvalue weighted by Gasteiger charge is 2.04. The lowest BCUT2D eigenvalue weighted by molar-refractivity contribution is 0.764. The lowest BCUT2D eigenvalue weighted by Crippen LogP contribution is -1.96. The first-order valence-corrected chi connectivity index (χ1v) is 5.73. The second kappa shape index (κ2) is 4.04. The summed E-state index contributed by atoms with van der Waals surface area (Å²) in [4.78, 5) is 0. The zero-order chi connectivity index (χ0) is 12.5. The van der Waals surface area contributed by atoms with Gasteiger partial charge in [-0.15, -0.1) is 0 Å². The largest absolute Gasteiger partial charge is 0.343 e. The van der Waals surface area contributed by atoms with Crippen LogP contribution in [-0.2, 0) is 13.6 Å². The molecular formula is C14H12N4. The third kappa shape index (κ3) is 1.76. The van der Waals surface area contributed by atoms with Crippen LogP contribution in [-0.4, -0.2) is 14.3 Å². The zero-order valence-corrected chi connectivity index (χ0v) is 10.0. The Labute approximate surface area is 105 Å². The number of nitriles is 1. The van der Waals surface area contributed by atoms with E-state index in [4.69, 9.17) is 5.26 Å². The molecule has 0 unspecified atom stereocenters. The summed E-state index contributed by atoms with van der Waals surface area (Å²) in [6.07, 6.45) is 5.92. The van der Waals surface area contributed by atoms with Crippen LogP contribution in [0.2, 0.25) is 0 Å². The molecule has 0 spiro atoms. The van der Waals surface area contributed by atoms with E-state index in [1.807, 2.05) is 49.9 Å². The van der Waals surface area contributed by atoms with E-state index in [1.54, 1.807) is 4.68 Å². The fourth-order valence-electron chi connectivity index (χ4n) is 2.16. The Morgan fingerprint density at radius 3 is 2.94 bits per heavy atom. The van der Waals surface area contributed by atoms with Gasteiger partial charge in [0.1, 0.15) is 0 Å². The molecule has 0 aliphatic rings. The maximum Gasteiger partial charge on any atom is 0.0991 e. The average molecular weight is 236 g/mol. The molecule has 2 heterocycles. The number of hydrogen-bond donors (Lipinski definition) is 0. The van der Waals surface area contributed by atoms with Crippen LogP contribution in [0.15, 0.2) is 42.9 Å². The quantitative estimate of drug-likeness (QED) is 0.685. The highest BCUT2D eigenvalue weighted by atomic mass is 15.2. The van der Waals surface area contributed by atoms with Crippen LogP contribution in [0.3, 0.4) is 0 Å². The molecular weight excluding hydrogens is 224 g/mol. The Hall–Kier alpha value is -2.54. The molecule has 0 bridgehead atoms. The molecule has 0 aliphatic carbocycles. The molecule has 4 heteroatoms. The third-order valence-electron chi connectivity index (χ3n) is 3.01. The Bertz CT molecular complexity index is 743. The molecule has 0 saturated carbocycles. The van der Waals surface area contributed by atoms with Crippen LogP contribution in [0.4, 0.5) is 0 Å². The molecule has 3 rings (SSSR count). The van der Waals surface area contributed by atoms with E-state index in [9.17, 15) is 0 Å². The van der Waals surface area contributed by atoms with Gasteiger partial charge in [0.15, 0.2) is 0 Å². The maximum absolute atomic E-state index is 8.87. The van der Waals surface area contributed by atoms with Gasteiger partial charge in [-0.3, -0.25) is 4.68 Å². The number of benzene rings is 1.